The Balaban J connectivity index is 1.89. The van der Waals surface area contributed by atoms with Crippen LogP contribution in [0, 0.1) is 0 Å². The zero-order valence-corrected chi connectivity index (χ0v) is 15.2. The number of methoxy groups -OCH3 is 1. The van der Waals surface area contributed by atoms with Gasteiger partial charge in [-0.3, -0.25) is 4.79 Å². The van der Waals surface area contributed by atoms with E-state index in [2.05, 4.69) is 29.4 Å². The minimum absolute atomic E-state index is 0.0174. The zero-order valence-electron chi connectivity index (χ0n) is 14.4. The molecule has 0 bridgehead atoms. The van der Waals surface area contributed by atoms with Crippen LogP contribution in [0.3, 0.4) is 0 Å². The highest BCUT2D eigenvalue weighted by Gasteiger charge is 2.16. The molecule has 1 aromatic heterocycles. The van der Waals surface area contributed by atoms with Gasteiger partial charge in [0.15, 0.2) is 5.16 Å². The SMILES string of the molecule is COCCn1c(SCC(=O)NCc2ccccc2)nnc1C(C)C. The fourth-order valence-corrected chi connectivity index (χ4v) is 3.01. The van der Waals surface area contributed by atoms with Crippen LogP contribution in [0.2, 0.25) is 0 Å². The van der Waals surface area contributed by atoms with Crippen LogP contribution in [-0.2, 0) is 22.6 Å². The molecule has 0 atom stereocenters. The maximum absolute atomic E-state index is 12.0. The summed E-state index contributed by atoms with van der Waals surface area (Å²) in [4.78, 5) is 12.0. The zero-order chi connectivity index (χ0) is 17.4. The normalized spacial score (nSPS) is 11.0. The smallest absolute Gasteiger partial charge is 0.230 e. The van der Waals surface area contributed by atoms with Gasteiger partial charge in [0.25, 0.3) is 0 Å². The molecule has 2 aromatic rings. The average Bonchev–Trinajstić information content (AvgIpc) is 3.00. The van der Waals surface area contributed by atoms with Gasteiger partial charge in [0.1, 0.15) is 5.82 Å². The van der Waals surface area contributed by atoms with E-state index in [-0.39, 0.29) is 11.8 Å². The minimum atomic E-state index is -0.0174. The predicted octanol–water partition coefficient (Wildman–Crippen LogP) is 2.46. The number of nitrogens with one attached hydrogen (secondary N) is 1. The van der Waals surface area contributed by atoms with Gasteiger partial charge in [0.2, 0.25) is 5.91 Å². The maximum Gasteiger partial charge on any atom is 0.230 e. The third-order valence-corrected chi connectivity index (χ3v) is 4.41. The molecular formula is C17H24N4O2S. The minimum Gasteiger partial charge on any atom is -0.383 e. The summed E-state index contributed by atoms with van der Waals surface area (Å²) in [6.07, 6.45) is 0. The van der Waals surface area contributed by atoms with Crippen LogP contribution in [0.4, 0.5) is 0 Å². The number of rotatable bonds is 9. The number of hydrogen-bond acceptors (Lipinski definition) is 5. The Labute approximate surface area is 147 Å². The van der Waals surface area contributed by atoms with E-state index < -0.39 is 0 Å². The molecule has 0 saturated heterocycles. The summed E-state index contributed by atoms with van der Waals surface area (Å²) in [7, 11) is 1.67. The van der Waals surface area contributed by atoms with Crippen molar-refractivity contribution in [2.24, 2.45) is 0 Å². The van der Waals surface area contributed by atoms with Gasteiger partial charge in [-0.25, -0.2) is 0 Å². The summed E-state index contributed by atoms with van der Waals surface area (Å²) in [5.41, 5.74) is 1.08. The van der Waals surface area contributed by atoms with Crippen LogP contribution in [0.5, 0.6) is 0 Å². The Hall–Kier alpha value is -1.86. The Morgan fingerprint density at radius 2 is 2.04 bits per heavy atom. The fourth-order valence-electron chi connectivity index (χ4n) is 2.20. The largest absolute Gasteiger partial charge is 0.383 e. The first-order valence-electron chi connectivity index (χ1n) is 7.97. The second-order valence-corrected chi connectivity index (χ2v) is 6.63. The molecule has 2 rings (SSSR count). The highest BCUT2D eigenvalue weighted by atomic mass is 32.2. The molecule has 130 valence electrons. The summed E-state index contributed by atoms with van der Waals surface area (Å²) >= 11 is 1.40. The molecule has 0 aliphatic heterocycles. The number of hydrogen-bond donors (Lipinski definition) is 1. The lowest BCUT2D eigenvalue weighted by Gasteiger charge is -2.11. The molecule has 1 heterocycles. The molecule has 0 radical (unpaired) electrons. The number of ether oxygens (including phenoxy) is 1. The van der Waals surface area contributed by atoms with E-state index in [0.29, 0.717) is 25.4 Å². The average molecular weight is 348 g/mol. The molecule has 1 N–H and O–H groups in total. The van der Waals surface area contributed by atoms with Gasteiger partial charge in [-0.15, -0.1) is 10.2 Å². The van der Waals surface area contributed by atoms with Crippen molar-refractivity contribution >= 4 is 17.7 Å². The fraction of sp³-hybridized carbons (Fsp3) is 0.471. The van der Waals surface area contributed by atoms with Crippen LogP contribution in [0.1, 0.15) is 31.2 Å². The van der Waals surface area contributed by atoms with Gasteiger partial charge >= 0.3 is 0 Å². The van der Waals surface area contributed by atoms with Gasteiger partial charge in [-0.2, -0.15) is 0 Å². The number of nitrogens with zero attached hydrogens (tertiary/aromatic N) is 3. The molecule has 0 unspecified atom stereocenters. The van der Waals surface area contributed by atoms with E-state index in [9.17, 15) is 4.79 Å². The van der Waals surface area contributed by atoms with Crippen molar-refractivity contribution < 1.29 is 9.53 Å². The Bertz CT molecular complexity index is 643. The predicted molar refractivity (Wildman–Crippen MR) is 95.0 cm³/mol. The lowest BCUT2D eigenvalue weighted by atomic mass is 10.2. The van der Waals surface area contributed by atoms with Gasteiger partial charge in [-0.05, 0) is 5.56 Å². The second kappa shape index (κ2) is 9.44. The van der Waals surface area contributed by atoms with E-state index in [4.69, 9.17) is 4.74 Å². The summed E-state index contributed by atoms with van der Waals surface area (Å²) < 4.78 is 7.18. The summed E-state index contributed by atoms with van der Waals surface area (Å²) in [6, 6.07) is 9.86. The molecule has 0 aliphatic rings. The van der Waals surface area contributed by atoms with Gasteiger partial charge in [0.05, 0.1) is 12.4 Å². The molecular weight excluding hydrogens is 324 g/mol. The van der Waals surface area contributed by atoms with Gasteiger partial charge < -0.3 is 14.6 Å². The van der Waals surface area contributed by atoms with Crippen molar-refractivity contribution in [1.82, 2.24) is 20.1 Å². The molecule has 0 fully saturated rings. The number of amides is 1. The third kappa shape index (κ3) is 5.35. The first-order valence-corrected chi connectivity index (χ1v) is 8.95. The molecule has 0 spiro atoms. The summed E-state index contributed by atoms with van der Waals surface area (Å²) in [5.74, 6) is 1.49. The quantitative estimate of drug-likeness (QED) is 0.705. The summed E-state index contributed by atoms with van der Waals surface area (Å²) in [6.45, 7) is 5.97. The monoisotopic (exact) mass is 348 g/mol. The van der Waals surface area contributed by atoms with Crippen LogP contribution in [0.15, 0.2) is 35.5 Å². The Kier molecular flexibility index (Phi) is 7.27. The third-order valence-electron chi connectivity index (χ3n) is 3.45. The molecule has 6 nitrogen and oxygen atoms in total. The highest BCUT2D eigenvalue weighted by Crippen LogP contribution is 2.21. The summed E-state index contributed by atoms with van der Waals surface area (Å²) in [5, 5.41) is 12.1. The van der Waals surface area contributed by atoms with Crippen LogP contribution in [0.25, 0.3) is 0 Å². The van der Waals surface area contributed by atoms with E-state index >= 15 is 0 Å². The lowest BCUT2D eigenvalue weighted by Crippen LogP contribution is -2.24. The van der Waals surface area contributed by atoms with Crippen molar-refractivity contribution in [2.75, 3.05) is 19.5 Å². The van der Waals surface area contributed by atoms with E-state index in [1.807, 2.05) is 34.9 Å². The van der Waals surface area contributed by atoms with E-state index in [1.54, 1.807) is 7.11 Å². The number of thioether (sulfide) groups is 1. The number of aromatic nitrogens is 3. The topological polar surface area (TPSA) is 69.0 Å². The first-order chi connectivity index (χ1) is 11.6. The van der Waals surface area contributed by atoms with Crippen molar-refractivity contribution in [2.45, 2.75) is 38.0 Å². The molecule has 1 amide bonds. The molecule has 0 saturated carbocycles. The first kappa shape index (κ1) is 18.5. The molecule has 1 aromatic carbocycles. The van der Waals surface area contributed by atoms with Crippen molar-refractivity contribution in [3.8, 4) is 0 Å². The number of carbonyl (C=O) groups is 1. The highest BCUT2D eigenvalue weighted by molar-refractivity contribution is 7.99. The molecule has 24 heavy (non-hydrogen) atoms. The van der Waals surface area contributed by atoms with Gasteiger partial charge in [-0.1, -0.05) is 55.9 Å². The van der Waals surface area contributed by atoms with E-state index in [0.717, 1.165) is 16.5 Å². The Morgan fingerprint density at radius 1 is 1.29 bits per heavy atom. The molecule has 7 heteroatoms. The van der Waals surface area contributed by atoms with Crippen molar-refractivity contribution in [3.05, 3.63) is 41.7 Å². The number of benzene rings is 1. The standard InChI is InChI=1S/C17H24N4O2S/c1-13(2)16-19-20-17(21(16)9-10-23-3)24-12-15(22)18-11-14-7-5-4-6-8-14/h4-8,13H,9-12H2,1-3H3,(H,18,22). The van der Waals surface area contributed by atoms with Crippen molar-refractivity contribution in [3.63, 3.8) is 0 Å². The number of carbonyl (C=O) groups excluding carboxylic acids is 1. The van der Waals surface area contributed by atoms with Gasteiger partial charge in [0, 0.05) is 26.1 Å². The van der Waals surface area contributed by atoms with E-state index in [1.165, 1.54) is 11.8 Å². The van der Waals surface area contributed by atoms with Crippen LogP contribution in [-0.4, -0.2) is 40.1 Å². The molecule has 0 aliphatic carbocycles. The van der Waals surface area contributed by atoms with Crippen LogP contribution >= 0.6 is 11.8 Å². The lowest BCUT2D eigenvalue weighted by molar-refractivity contribution is -0.118. The Morgan fingerprint density at radius 3 is 2.71 bits per heavy atom. The maximum atomic E-state index is 12.0. The van der Waals surface area contributed by atoms with Crippen LogP contribution < -0.4 is 5.32 Å². The van der Waals surface area contributed by atoms with Crippen molar-refractivity contribution in [1.29, 1.82) is 0 Å². The second-order valence-electron chi connectivity index (χ2n) is 5.69.